The van der Waals surface area contributed by atoms with Crippen LogP contribution in [-0.4, -0.2) is 9.13 Å². The van der Waals surface area contributed by atoms with Gasteiger partial charge in [-0.15, -0.1) is 22.7 Å². The first-order chi connectivity index (χ1) is 15.2. The Bertz CT molecular complexity index is 1150. The van der Waals surface area contributed by atoms with Crippen LogP contribution in [0, 0.1) is 7.91 Å². The number of hydrogen-bond acceptors (Lipinski definition) is 6. The Balaban J connectivity index is 1.80. The predicted molar refractivity (Wildman–Crippen MR) is 141 cm³/mol. The van der Waals surface area contributed by atoms with Crippen molar-refractivity contribution in [2.75, 3.05) is 0 Å². The molecule has 170 valence electrons. The van der Waals surface area contributed by atoms with Crippen LogP contribution in [0.15, 0.2) is 46.0 Å². The van der Waals surface area contributed by atoms with E-state index in [9.17, 15) is 9.59 Å². The molecule has 0 radical (unpaired) electrons. The van der Waals surface area contributed by atoms with E-state index in [0.29, 0.717) is 32.8 Å². The lowest BCUT2D eigenvalue weighted by Crippen LogP contribution is -2.21. The minimum atomic E-state index is -0.0571. The van der Waals surface area contributed by atoms with Gasteiger partial charge in [-0.1, -0.05) is 52.0 Å². The Labute approximate surface area is 206 Å². The molecule has 0 spiro atoms. The van der Waals surface area contributed by atoms with Crippen LogP contribution in [0.25, 0.3) is 0 Å². The van der Waals surface area contributed by atoms with Crippen LogP contribution >= 0.6 is 47.1 Å². The molecule has 0 bridgehead atoms. The second-order valence-corrected chi connectivity index (χ2v) is 11.5. The highest BCUT2D eigenvalue weighted by molar-refractivity contribution is 7.73. The first-order valence-electron chi connectivity index (χ1n) is 10.8. The van der Waals surface area contributed by atoms with Crippen LogP contribution in [0.3, 0.4) is 0 Å². The van der Waals surface area contributed by atoms with Crippen LogP contribution < -0.4 is 11.1 Å². The molecule has 0 aliphatic heterocycles. The van der Waals surface area contributed by atoms with Crippen LogP contribution in [-0.2, 0) is 13.1 Å². The van der Waals surface area contributed by atoms with E-state index >= 15 is 0 Å². The molecular weight excluding hydrogens is 477 g/mol. The van der Waals surface area contributed by atoms with Gasteiger partial charge in [0.25, 0.3) is 11.1 Å². The maximum absolute atomic E-state index is 12.6. The third-order valence-electron chi connectivity index (χ3n) is 5.82. The normalized spacial score (nSPS) is 13.1. The maximum Gasteiger partial charge on any atom is 0.253 e. The van der Waals surface area contributed by atoms with E-state index in [1.54, 1.807) is 21.3 Å². The van der Waals surface area contributed by atoms with Gasteiger partial charge in [0.1, 0.15) is 0 Å². The SMILES string of the molecule is CCC(C)c1cc(=O)n(Cc2ccc(Cn3c(=O)cc(C(C)CC)sc3=S)cc2)c(=S)s1. The quantitative estimate of drug-likeness (QED) is 0.320. The average Bonchev–Trinajstić information content (AvgIpc) is 2.78. The number of hydrogen-bond donors (Lipinski definition) is 0. The molecule has 0 N–H and O–H groups in total. The highest BCUT2D eigenvalue weighted by Gasteiger charge is 2.11. The zero-order chi connectivity index (χ0) is 23.4. The standard InChI is InChI=1S/C24H28N2O2S4/c1-5-15(3)19-11-21(27)25(23(29)31-19)13-17-7-9-18(10-8-17)14-26-22(28)12-20(16(4)6-2)32-24(26)30/h7-12,15-16H,5-6,13-14H2,1-4H3. The fraction of sp³-hybridized carbons (Fsp3) is 0.417. The fourth-order valence-electron chi connectivity index (χ4n) is 3.24. The Morgan fingerprint density at radius 2 is 1.09 bits per heavy atom. The zero-order valence-corrected chi connectivity index (χ0v) is 22.1. The lowest BCUT2D eigenvalue weighted by molar-refractivity contribution is 0.723. The van der Waals surface area contributed by atoms with Gasteiger partial charge in [-0.2, -0.15) is 0 Å². The smallest absolute Gasteiger partial charge is 0.253 e. The van der Waals surface area contributed by atoms with E-state index < -0.39 is 0 Å². The van der Waals surface area contributed by atoms with Gasteiger partial charge >= 0.3 is 0 Å². The molecule has 0 fully saturated rings. The summed E-state index contributed by atoms with van der Waals surface area (Å²) in [5, 5.41) is 0. The molecule has 0 amide bonds. The number of benzene rings is 1. The van der Waals surface area contributed by atoms with E-state index in [0.717, 1.165) is 33.7 Å². The number of nitrogens with zero attached hydrogens (tertiary/aromatic N) is 2. The van der Waals surface area contributed by atoms with Crippen molar-refractivity contribution in [3.8, 4) is 0 Å². The van der Waals surface area contributed by atoms with Crippen LogP contribution in [0.1, 0.15) is 73.3 Å². The van der Waals surface area contributed by atoms with Crippen LogP contribution in [0.5, 0.6) is 0 Å². The Morgan fingerprint density at radius 3 is 1.38 bits per heavy atom. The molecule has 2 aromatic heterocycles. The first-order valence-corrected chi connectivity index (χ1v) is 13.3. The molecule has 0 aliphatic carbocycles. The van der Waals surface area contributed by atoms with Crippen molar-refractivity contribution < 1.29 is 0 Å². The van der Waals surface area contributed by atoms with Crippen molar-refractivity contribution in [2.24, 2.45) is 0 Å². The molecule has 0 aliphatic rings. The summed E-state index contributed by atoms with van der Waals surface area (Å²) < 4.78 is 4.48. The molecule has 2 atom stereocenters. The van der Waals surface area contributed by atoms with Crippen molar-refractivity contribution in [1.29, 1.82) is 0 Å². The van der Waals surface area contributed by atoms with Crippen LogP contribution in [0.2, 0.25) is 0 Å². The first kappa shape index (κ1) is 24.9. The molecule has 1 aromatic carbocycles. The maximum atomic E-state index is 12.6. The molecule has 0 saturated heterocycles. The van der Waals surface area contributed by atoms with E-state index in [-0.39, 0.29) is 11.1 Å². The van der Waals surface area contributed by atoms with Crippen molar-refractivity contribution in [3.63, 3.8) is 0 Å². The molecular formula is C24H28N2O2S4. The summed E-state index contributed by atoms with van der Waals surface area (Å²) >= 11 is 14.0. The summed E-state index contributed by atoms with van der Waals surface area (Å²) in [6, 6.07) is 11.4. The molecule has 32 heavy (non-hydrogen) atoms. The molecule has 2 heterocycles. The summed E-state index contributed by atoms with van der Waals surface area (Å²) in [5.74, 6) is 0.669. The minimum absolute atomic E-state index is 0.0571. The van der Waals surface area contributed by atoms with Gasteiger partial charge in [-0.05, 0) is 60.2 Å². The van der Waals surface area contributed by atoms with Gasteiger partial charge in [0.15, 0.2) is 7.91 Å². The van der Waals surface area contributed by atoms with Crippen LogP contribution in [0.4, 0.5) is 0 Å². The molecule has 3 aromatic rings. The topological polar surface area (TPSA) is 44.0 Å². The van der Waals surface area contributed by atoms with Crippen molar-refractivity contribution >= 4 is 47.1 Å². The third kappa shape index (κ3) is 5.78. The second kappa shape index (κ2) is 10.9. The number of aromatic nitrogens is 2. The van der Waals surface area contributed by atoms with Gasteiger partial charge < -0.3 is 0 Å². The van der Waals surface area contributed by atoms with Gasteiger partial charge in [0.05, 0.1) is 13.1 Å². The lowest BCUT2D eigenvalue weighted by atomic mass is 10.1. The molecule has 3 rings (SSSR count). The summed E-state index contributed by atoms with van der Waals surface area (Å²) in [4.78, 5) is 27.3. The highest BCUT2D eigenvalue weighted by Crippen LogP contribution is 2.23. The summed E-state index contributed by atoms with van der Waals surface area (Å²) in [5.41, 5.74) is 1.87. The third-order valence-corrected chi connectivity index (χ3v) is 9.06. The monoisotopic (exact) mass is 504 g/mol. The number of rotatable bonds is 8. The molecule has 4 nitrogen and oxygen atoms in total. The minimum Gasteiger partial charge on any atom is -0.287 e. The average molecular weight is 505 g/mol. The van der Waals surface area contributed by atoms with Gasteiger partial charge in [0, 0.05) is 21.9 Å². The highest BCUT2D eigenvalue weighted by atomic mass is 32.2. The summed E-state index contributed by atoms with van der Waals surface area (Å²) in [6.07, 6.45) is 1.96. The van der Waals surface area contributed by atoms with Gasteiger partial charge in [-0.3, -0.25) is 18.7 Å². The lowest BCUT2D eigenvalue weighted by Gasteiger charge is -2.12. The second-order valence-electron chi connectivity index (χ2n) is 8.11. The van der Waals surface area contributed by atoms with Crippen molar-refractivity contribution in [1.82, 2.24) is 9.13 Å². The molecule has 8 heteroatoms. The van der Waals surface area contributed by atoms with E-state index in [4.69, 9.17) is 24.4 Å². The predicted octanol–water partition coefficient (Wildman–Crippen LogP) is 6.72. The Kier molecular flexibility index (Phi) is 8.49. The zero-order valence-electron chi connectivity index (χ0n) is 18.8. The summed E-state index contributed by atoms with van der Waals surface area (Å²) in [6.45, 7) is 9.32. The van der Waals surface area contributed by atoms with Crippen molar-refractivity contribution in [3.05, 3.63) is 85.9 Å². The Hall–Kier alpha value is -1.74. The largest absolute Gasteiger partial charge is 0.287 e. The van der Waals surface area contributed by atoms with Gasteiger partial charge in [-0.25, -0.2) is 0 Å². The van der Waals surface area contributed by atoms with Crippen molar-refractivity contribution in [2.45, 2.75) is 65.5 Å². The molecule has 0 saturated carbocycles. The molecule has 2 unspecified atom stereocenters. The summed E-state index contributed by atoms with van der Waals surface area (Å²) in [7, 11) is 0. The van der Waals surface area contributed by atoms with Gasteiger partial charge in [0.2, 0.25) is 0 Å². The van der Waals surface area contributed by atoms with E-state index in [1.807, 2.05) is 24.3 Å². The van der Waals surface area contributed by atoms with E-state index in [2.05, 4.69) is 27.7 Å². The Morgan fingerprint density at radius 1 is 0.750 bits per heavy atom. The van der Waals surface area contributed by atoms with E-state index in [1.165, 1.54) is 22.7 Å². The fourth-order valence-corrected chi connectivity index (χ4v) is 6.11.